The first-order valence-electron chi connectivity index (χ1n) is 7.02. The zero-order valence-corrected chi connectivity index (χ0v) is 13.4. The van der Waals surface area contributed by atoms with Gasteiger partial charge in [0.2, 0.25) is 5.91 Å². The Morgan fingerprint density at radius 2 is 2.00 bits per heavy atom. The lowest BCUT2D eigenvalue weighted by molar-refractivity contribution is -0.120. The first kappa shape index (κ1) is 17.4. The van der Waals surface area contributed by atoms with Crippen LogP contribution in [-0.2, 0) is 19.4 Å². The van der Waals surface area contributed by atoms with Crippen molar-refractivity contribution in [3.8, 4) is 0 Å². The number of sulfone groups is 1. The van der Waals surface area contributed by atoms with Crippen LogP contribution in [0.3, 0.4) is 0 Å². The molecule has 1 rings (SSSR count). The number of carbonyl (C=O) groups excluding carboxylic acids is 1. The van der Waals surface area contributed by atoms with Crippen LogP contribution in [0.5, 0.6) is 0 Å². The minimum Gasteiger partial charge on any atom is -0.383 e. The highest BCUT2D eigenvalue weighted by Crippen LogP contribution is 2.16. The zero-order valence-electron chi connectivity index (χ0n) is 12.6. The summed E-state index contributed by atoms with van der Waals surface area (Å²) in [7, 11) is -1.61. The lowest BCUT2D eigenvalue weighted by Gasteiger charge is -2.31. The van der Waals surface area contributed by atoms with Gasteiger partial charge in [-0.2, -0.15) is 0 Å². The van der Waals surface area contributed by atoms with E-state index in [-0.39, 0.29) is 0 Å². The topological polar surface area (TPSA) is 75.7 Å². The van der Waals surface area contributed by atoms with Crippen molar-refractivity contribution in [3.63, 3.8) is 0 Å². The summed E-state index contributed by atoms with van der Waals surface area (Å²) < 4.78 is 27.6. The Labute approximate surface area is 121 Å². The molecule has 0 aliphatic carbocycles. The third-order valence-corrected chi connectivity index (χ3v) is 5.39. The molecule has 7 heteroatoms. The van der Waals surface area contributed by atoms with Gasteiger partial charge in [-0.3, -0.25) is 4.79 Å². The summed E-state index contributed by atoms with van der Waals surface area (Å²) in [6, 6.07) is 0. The van der Waals surface area contributed by atoms with Gasteiger partial charge < -0.3 is 15.0 Å². The van der Waals surface area contributed by atoms with Crippen LogP contribution in [0.4, 0.5) is 0 Å². The van der Waals surface area contributed by atoms with Gasteiger partial charge in [-0.1, -0.05) is 0 Å². The van der Waals surface area contributed by atoms with Crippen molar-refractivity contribution in [1.82, 2.24) is 10.2 Å². The van der Waals surface area contributed by atoms with E-state index in [0.717, 1.165) is 45.3 Å². The number of carbonyl (C=O) groups is 1. The summed E-state index contributed by atoms with van der Waals surface area (Å²) in [5.41, 5.74) is 0. The molecular formula is C13H26N2O4S. The summed E-state index contributed by atoms with van der Waals surface area (Å²) >= 11 is 0. The highest BCUT2D eigenvalue weighted by Gasteiger charge is 2.25. The molecule has 1 heterocycles. The molecule has 0 bridgehead atoms. The van der Waals surface area contributed by atoms with Gasteiger partial charge in [0.1, 0.15) is 5.25 Å². The molecular weight excluding hydrogens is 280 g/mol. The van der Waals surface area contributed by atoms with Gasteiger partial charge >= 0.3 is 0 Å². The molecule has 1 amide bonds. The van der Waals surface area contributed by atoms with Crippen LogP contribution in [0.15, 0.2) is 0 Å². The monoisotopic (exact) mass is 306 g/mol. The van der Waals surface area contributed by atoms with E-state index in [1.54, 1.807) is 7.11 Å². The molecule has 1 N–H and O–H groups in total. The maximum Gasteiger partial charge on any atom is 0.238 e. The molecule has 118 valence electrons. The van der Waals surface area contributed by atoms with E-state index >= 15 is 0 Å². The van der Waals surface area contributed by atoms with Crippen LogP contribution < -0.4 is 5.32 Å². The van der Waals surface area contributed by atoms with Gasteiger partial charge in [0.05, 0.1) is 6.61 Å². The Kier molecular flexibility index (Phi) is 6.91. The first-order valence-corrected chi connectivity index (χ1v) is 8.98. The number of nitrogens with zero attached hydrogens (tertiary/aromatic N) is 1. The van der Waals surface area contributed by atoms with E-state index in [1.807, 2.05) is 0 Å². The van der Waals surface area contributed by atoms with E-state index in [1.165, 1.54) is 6.92 Å². The molecule has 1 saturated heterocycles. The molecule has 1 atom stereocenters. The van der Waals surface area contributed by atoms with Gasteiger partial charge in [0, 0.05) is 26.5 Å². The smallest absolute Gasteiger partial charge is 0.238 e. The van der Waals surface area contributed by atoms with Crippen molar-refractivity contribution in [3.05, 3.63) is 0 Å². The number of likely N-dealkylation sites (tertiary alicyclic amines) is 1. The number of hydrogen-bond donors (Lipinski definition) is 1. The van der Waals surface area contributed by atoms with E-state index < -0.39 is 21.0 Å². The fraction of sp³-hybridized carbons (Fsp3) is 0.923. The summed E-state index contributed by atoms with van der Waals surface area (Å²) in [5.74, 6) is 0.0406. The highest BCUT2D eigenvalue weighted by molar-refractivity contribution is 7.92. The van der Waals surface area contributed by atoms with E-state index in [9.17, 15) is 13.2 Å². The average molecular weight is 306 g/mol. The second-order valence-corrected chi connectivity index (χ2v) is 7.86. The fourth-order valence-electron chi connectivity index (χ4n) is 2.22. The fourth-order valence-corrected chi connectivity index (χ4v) is 2.69. The molecule has 0 aromatic carbocycles. The molecule has 0 aromatic heterocycles. The number of rotatable bonds is 7. The minimum absolute atomic E-state index is 0.394. The van der Waals surface area contributed by atoms with Gasteiger partial charge in [0.15, 0.2) is 9.84 Å². The standard InChI is InChI=1S/C13H26N2O4S/c1-11(20(3,17)18)13(16)14-10-12-4-6-15(7-5-12)8-9-19-2/h11-12H,4-10H2,1-3H3,(H,14,16)/t11-/m0/s1. The maximum absolute atomic E-state index is 11.7. The van der Waals surface area contributed by atoms with E-state index in [0.29, 0.717) is 12.5 Å². The van der Waals surface area contributed by atoms with Crippen LogP contribution in [0.25, 0.3) is 0 Å². The molecule has 1 aliphatic rings. The first-order chi connectivity index (χ1) is 9.34. The quantitative estimate of drug-likeness (QED) is 0.710. The summed E-state index contributed by atoms with van der Waals surface area (Å²) in [4.78, 5) is 14.1. The number of piperidine rings is 1. The summed E-state index contributed by atoms with van der Waals surface area (Å²) in [6.45, 7) is 5.69. The molecule has 6 nitrogen and oxygen atoms in total. The molecule has 0 aromatic rings. The molecule has 20 heavy (non-hydrogen) atoms. The number of amides is 1. The third-order valence-electron chi connectivity index (χ3n) is 3.90. The molecule has 1 fully saturated rings. The Morgan fingerprint density at radius 1 is 1.40 bits per heavy atom. The SMILES string of the molecule is COCCN1CCC(CNC(=O)[C@H](C)S(C)(=O)=O)CC1. The zero-order chi connectivity index (χ0) is 15.2. The van der Waals surface area contributed by atoms with Crippen LogP contribution in [0, 0.1) is 5.92 Å². The van der Waals surface area contributed by atoms with Crippen LogP contribution in [0.2, 0.25) is 0 Å². The summed E-state index contributed by atoms with van der Waals surface area (Å²) in [5, 5.41) is 1.79. The predicted octanol–water partition coefficient (Wildman–Crippen LogP) is -0.106. The van der Waals surface area contributed by atoms with Crippen molar-refractivity contribution in [1.29, 1.82) is 0 Å². The van der Waals surface area contributed by atoms with Gasteiger partial charge in [-0.25, -0.2) is 8.42 Å². The Bertz CT molecular complexity index is 403. The number of nitrogens with one attached hydrogen (secondary N) is 1. The summed E-state index contributed by atoms with van der Waals surface area (Å²) in [6.07, 6.45) is 3.14. The molecule has 1 aliphatic heterocycles. The van der Waals surface area contributed by atoms with E-state index in [4.69, 9.17) is 4.74 Å². The Balaban J connectivity index is 2.26. The van der Waals surface area contributed by atoms with Crippen LogP contribution >= 0.6 is 0 Å². The molecule has 0 spiro atoms. The van der Waals surface area contributed by atoms with Crippen molar-refractivity contribution in [2.45, 2.75) is 25.0 Å². The maximum atomic E-state index is 11.7. The number of ether oxygens (including phenoxy) is 1. The highest BCUT2D eigenvalue weighted by atomic mass is 32.2. The molecule has 0 saturated carbocycles. The minimum atomic E-state index is -3.31. The Morgan fingerprint density at radius 3 is 2.50 bits per heavy atom. The third kappa shape index (κ3) is 5.76. The predicted molar refractivity (Wildman–Crippen MR) is 78.4 cm³/mol. The van der Waals surface area contributed by atoms with Crippen molar-refractivity contribution in [2.75, 3.05) is 46.2 Å². The van der Waals surface area contributed by atoms with Crippen molar-refractivity contribution < 1.29 is 17.9 Å². The van der Waals surface area contributed by atoms with Crippen LogP contribution in [0.1, 0.15) is 19.8 Å². The second-order valence-electron chi connectivity index (χ2n) is 5.49. The lowest BCUT2D eigenvalue weighted by Crippen LogP contribution is -2.43. The molecule has 0 unspecified atom stereocenters. The second kappa shape index (κ2) is 7.95. The van der Waals surface area contributed by atoms with Crippen LogP contribution in [-0.4, -0.2) is 70.6 Å². The van der Waals surface area contributed by atoms with Gasteiger partial charge in [-0.15, -0.1) is 0 Å². The van der Waals surface area contributed by atoms with E-state index in [2.05, 4.69) is 10.2 Å². The van der Waals surface area contributed by atoms with Crippen molar-refractivity contribution >= 4 is 15.7 Å². The molecule has 0 radical (unpaired) electrons. The number of methoxy groups -OCH3 is 1. The van der Waals surface area contributed by atoms with Crippen molar-refractivity contribution in [2.24, 2.45) is 5.92 Å². The number of hydrogen-bond acceptors (Lipinski definition) is 5. The average Bonchev–Trinajstić information content (AvgIpc) is 2.41. The van der Waals surface area contributed by atoms with Gasteiger partial charge in [-0.05, 0) is 38.8 Å². The van der Waals surface area contributed by atoms with Gasteiger partial charge in [0.25, 0.3) is 0 Å². The normalized spacial score (nSPS) is 19.8. The largest absolute Gasteiger partial charge is 0.383 e. The lowest BCUT2D eigenvalue weighted by atomic mass is 9.97. The Hall–Kier alpha value is -0.660.